The van der Waals surface area contributed by atoms with Crippen molar-refractivity contribution in [1.82, 2.24) is 19.4 Å². The second kappa shape index (κ2) is 9.97. The van der Waals surface area contributed by atoms with Gasteiger partial charge in [-0.3, -0.25) is 4.90 Å². The maximum absolute atomic E-state index is 12.2. The summed E-state index contributed by atoms with van der Waals surface area (Å²) in [6.45, 7) is 7.32. The Balaban J connectivity index is 1.44. The highest BCUT2D eigenvalue weighted by Gasteiger charge is 2.20. The summed E-state index contributed by atoms with van der Waals surface area (Å²) >= 11 is 0. The molecule has 1 amide bonds. The number of hydrogen-bond acceptors (Lipinski definition) is 5. The van der Waals surface area contributed by atoms with Crippen LogP contribution in [0.15, 0.2) is 54.6 Å². The summed E-state index contributed by atoms with van der Waals surface area (Å²) in [6.07, 6.45) is 0.554. The quantitative estimate of drug-likeness (QED) is 0.620. The molecule has 2 aromatic carbocycles. The number of imidazole rings is 1. The Morgan fingerprint density at radius 1 is 1.00 bits per heavy atom. The number of carbonyl (C=O) groups excluding carboxylic acids is 1. The van der Waals surface area contributed by atoms with E-state index in [9.17, 15) is 4.79 Å². The topological polar surface area (TPSA) is 76.6 Å². The van der Waals surface area contributed by atoms with Crippen molar-refractivity contribution in [3.63, 3.8) is 0 Å². The number of carbonyl (C=O) groups is 1. The van der Waals surface area contributed by atoms with Gasteiger partial charge in [-0.2, -0.15) is 4.98 Å². The normalized spacial score (nSPS) is 15.1. The molecule has 2 N–H and O–H groups in total. The number of piperazine rings is 1. The second-order valence-electron chi connectivity index (χ2n) is 8.33. The molecule has 32 heavy (non-hydrogen) atoms. The van der Waals surface area contributed by atoms with E-state index in [0.29, 0.717) is 13.0 Å². The Morgan fingerprint density at radius 2 is 1.66 bits per heavy atom. The molecule has 1 saturated heterocycles. The van der Waals surface area contributed by atoms with Gasteiger partial charge in [-0.05, 0) is 30.7 Å². The van der Waals surface area contributed by atoms with E-state index < -0.39 is 6.03 Å². The first kappa shape index (κ1) is 22.0. The molecule has 7 nitrogen and oxygen atoms in total. The second-order valence-corrected chi connectivity index (χ2v) is 8.33. The van der Waals surface area contributed by atoms with E-state index in [1.807, 2.05) is 25.1 Å². The van der Waals surface area contributed by atoms with Crippen LogP contribution in [0.2, 0.25) is 0 Å². The number of amides is 1. The highest BCUT2D eigenvalue weighted by molar-refractivity contribution is 5.77. The number of aromatic nitrogens is 2. The molecule has 0 aliphatic carbocycles. The van der Waals surface area contributed by atoms with E-state index in [2.05, 4.69) is 58.2 Å². The Labute approximate surface area is 189 Å². The lowest BCUT2D eigenvalue weighted by molar-refractivity contribution is 0.130. The van der Waals surface area contributed by atoms with Crippen LogP contribution in [-0.4, -0.2) is 71.8 Å². The standard InChI is InChI=1S/C25H31N5O2/c1-19-23(18-20-8-10-22(11-9-20)21-6-4-3-5-7-21)30(24(26)31)25(27-19)32-17-16-29-14-12-28(2)13-15-29/h3-11H,12-18H2,1-2H3,(H2,26,31). The number of hydrogen-bond donors (Lipinski definition) is 1. The highest BCUT2D eigenvalue weighted by Crippen LogP contribution is 2.23. The first-order valence-corrected chi connectivity index (χ1v) is 11.1. The lowest BCUT2D eigenvalue weighted by atomic mass is 10.0. The minimum absolute atomic E-state index is 0.278. The van der Waals surface area contributed by atoms with Crippen molar-refractivity contribution in [2.75, 3.05) is 46.4 Å². The summed E-state index contributed by atoms with van der Waals surface area (Å²) in [7, 11) is 2.14. The third kappa shape index (κ3) is 5.18. The number of likely N-dealkylation sites (N-methyl/N-ethyl adjacent to an activating group) is 1. The molecule has 1 fully saturated rings. The lowest BCUT2D eigenvalue weighted by Crippen LogP contribution is -2.45. The van der Waals surface area contributed by atoms with Crippen molar-refractivity contribution < 1.29 is 9.53 Å². The van der Waals surface area contributed by atoms with Crippen LogP contribution >= 0.6 is 0 Å². The Kier molecular flexibility index (Phi) is 6.87. The zero-order chi connectivity index (χ0) is 22.5. The first-order chi connectivity index (χ1) is 15.5. The minimum atomic E-state index is -0.573. The van der Waals surface area contributed by atoms with E-state index in [1.54, 1.807) is 0 Å². The Bertz CT molecular complexity index is 1040. The molecule has 4 rings (SSSR count). The number of rotatable bonds is 7. The molecule has 168 valence electrons. The van der Waals surface area contributed by atoms with Crippen molar-refractivity contribution in [3.05, 3.63) is 71.5 Å². The van der Waals surface area contributed by atoms with E-state index in [4.69, 9.17) is 10.5 Å². The van der Waals surface area contributed by atoms with E-state index >= 15 is 0 Å². The van der Waals surface area contributed by atoms with Gasteiger partial charge in [0.2, 0.25) is 0 Å². The van der Waals surface area contributed by atoms with Gasteiger partial charge in [-0.25, -0.2) is 9.36 Å². The zero-order valence-corrected chi connectivity index (χ0v) is 18.8. The molecule has 0 unspecified atom stereocenters. The number of aryl methyl sites for hydroxylation is 1. The molecule has 0 spiro atoms. The fraction of sp³-hybridized carbons (Fsp3) is 0.360. The maximum Gasteiger partial charge on any atom is 0.327 e. The van der Waals surface area contributed by atoms with Gasteiger partial charge >= 0.3 is 12.0 Å². The van der Waals surface area contributed by atoms with Crippen LogP contribution in [0.3, 0.4) is 0 Å². The van der Waals surface area contributed by atoms with Gasteiger partial charge in [0.05, 0.1) is 11.4 Å². The van der Waals surface area contributed by atoms with Crippen LogP contribution in [0.25, 0.3) is 11.1 Å². The predicted molar refractivity (Wildman–Crippen MR) is 126 cm³/mol. The average molecular weight is 434 g/mol. The van der Waals surface area contributed by atoms with Crippen molar-refractivity contribution in [2.45, 2.75) is 13.3 Å². The molecule has 0 radical (unpaired) electrons. The van der Waals surface area contributed by atoms with Crippen LogP contribution in [0, 0.1) is 6.92 Å². The molecule has 1 aliphatic rings. The van der Waals surface area contributed by atoms with Gasteiger partial charge < -0.3 is 15.4 Å². The zero-order valence-electron chi connectivity index (χ0n) is 18.8. The van der Waals surface area contributed by atoms with Crippen molar-refractivity contribution in [3.8, 4) is 17.1 Å². The molecule has 2 heterocycles. The summed E-state index contributed by atoms with van der Waals surface area (Å²) < 4.78 is 7.31. The third-order valence-corrected chi connectivity index (χ3v) is 6.03. The van der Waals surface area contributed by atoms with Gasteiger partial charge in [0.15, 0.2) is 0 Å². The highest BCUT2D eigenvalue weighted by atomic mass is 16.5. The van der Waals surface area contributed by atoms with Crippen LogP contribution in [0.5, 0.6) is 6.01 Å². The van der Waals surface area contributed by atoms with Crippen LogP contribution in [0.4, 0.5) is 4.79 Å². The van der Waals surface area contributed by atoms with E-state index in [1.165, 1.54) is 10.1 Å². The van der Waals surface area contributed by atoms with Crippen molar-refractivity contribution in [2.24, 2.45) is 5.73 Å². The van der Waals surface area contributed by atoms with Gasteiger partial charge in [0.25, 0.3) is 0 Å². The fourth-order valence-corrected chi connectivity index (χ4v) is 4.04. The number of primary amides is 1. The molecule has 1 aromatic heterocycles. The number of benzene rings is 2. The minimum Gasteiger partial charge on any atom is -0.463 e. The summed E-state index contributed by atoms with van der Waals surface area (Å²) in [4.78, 5) is 21.4. The summed E-state index contributed by atoms with van der Waals surface area (Å²) in [5.41, 5.74) is 10.6. The van der Waals surface area contributed by atoms with Crippen LogP contribution in [-0.2, 0) is 6.42 Å². The van der Waals surface area contributed by atoms with Gasteiger partial charge in [0, 0.05) is 39.1 Å². The molecule has 1 aliphatic heterocycles. The van der Waals surface area contributed by atoms with Gasteiger partial charge in [-0.15, -0.1) is 0 Å². The van der Waals surface area contributed by atoms with E-state index in [0.717, 1.165) is 55.2 Å². The summed E-state index contributed by atoms with van der Waals surface area (Å²) in [5.74, 6) is 0. The molecule has 0 bridgehead atoms. The lowest BCUT2D eigenvalue weighted by Gasteiger charge is -2.32. The Hall–Kier alpha value is -3.16. The number of nitrogens with two attached hydrogens (primary N) is 1. The fourth-order valence-electron chi connectivity index (χ4n) is 4.04. The summed E-state index contributed by atoms with van der Waals surface area (Å²) in [5, 5.41) is 0. The average Bonchev–Trinajstić information content (AvgIpc) is 3.11. The maximum atomic E-state index is 12.2. The molecule has 0 saturated carbocycles. The third-order valence-electron chi connectivity index (χ3n) is 6.03. The molecular weight excluding hydrogens is 402 g/mol. The molecule has 0 atom stereocenters. The van der Waals surface area contributed by atoms with Crippen molar-refractivity contribution >= 4 is 6.03 Å². The first-order valence-electron chi connectivity index (χ1n) is 11.1. The number of nitrogens with zero attached hydrogens (tertiary/aromatic N) is 4. The summed E-state index contributed by atoms with van der Waals surface area (Å²) in [6, 6.07) is 18.3. The molecule has 3 aromatic rings. The molecular formula is C25H31N5O2. The van der Waals surface area contributed by atoms with Gasteiger partial charge in [0.1, 0.15) is 6.61 Å². The molecule has 7 heteroatoms. The SMILES string of the molecule is Cc1nc(OCCN2CCN(C)CC2)n(C(N)=O)c1Cc1ccc(-c2ccccc2)cc1. The van der Waals surface area contributed by atoms with E-state index in [-0.39, 0.29) is 6.01 Å². The number of ether oxygens (including phenoxy) is 1. The van der Waals surface area contributed by atoms with Crippen LogP contribution < -0.4 is 10.5 Å². The van der Waals surface area contributed by atoms with Crippen molar-refractivity contribution in [1.29, 1.82) is 0 Å². The van der Waals surface area contributed by atoms with Gasteiger partial charge in [-0.1, -0.05) is 54.6 Å². The Morgan fingerprint density at radius 3 is 2.31 bits per heavy atom. The monoisotopic (exact) mass is 433 g/mol. The smallest absolute Gasteiger partial charge is 0.327 e. The van der Waals surface area contributed by atoms with Crippen LogP contribution in [0.1, 0.15) is 17.0 Å². The predicted octanol–water partition coefficient (Wildman–Crippen LogP) is 3.00. The largest absolute Gasteiger partial charge is 0.463 e.